The molecule has 0 aromatic heterocycles. The van der Waals surface area contributed by atoms with E-state index in [9.17, 15) is 8.42 Å². The summed E-state index contributed by atoms with van der Waals surface area (Å²) in [7, 11) is -2.75. The molecule has 3 nitrogen and oxygen atoms in total. The molecule has 1 fully saturated rings. The topological polar surface area (TPSA) is 37.4 Å². The number of nitrogens with zero attached hydrogens (tertiary/aromatic N) is 1. The third-order valence-corrected chi connectivity index (χ3v) is 4.67. The Morgan fingerprint density at radius 2 is 2.15 bits per heavy atom. The molecule has 78 valence electrons. The summed E-state index contributed by atoms with van der Waals surface area (Å²) in [6.07, 6.45) is 1.09. The van der Waals surface area contributed by atoms with Gasteiger partial charge < -0.3 is 0 Å². The lowest BCUT2D eigenvalue weighted by Gasteiger charge is -2.37. The van der Waals surface area contributed by atoms with Crippen molar-refractivity contribution in [1.82, 2.24) is 4.90 Å². The number of hydrogen-bond acceptors (Lipinski definition) is 3. The second-order valence-electron chi connectivity index (χ2n) is 3.96. The molecule has 2 atom stereocenters. The second-order valence-corrected chi connectivity index (χ2v) is 6.19. The fourth-order valence-corrected chi connectivity index (χ4v) is 3.48. The summed E-state index contributed by atoms with van der Waals surface area (Å²) in [4.78, 5) is 2.29. The van der Waals surface area contributed by atoms with E-state index in [2.05, 4.69) is 18.7 Å². The highest BCUT2D eigenvalue weighted by molar-refractivity contribution is 7.91. The molecule has 0 spiro atoms. The summed E-state index contributed by atoms with van der Waals surface area (Å²) in [5, 5.41) is 0. The van der Waals surface area contributed by atoms with E-state index in [4.69, 9.17) is 0 Å². The van der Waals surface area contributed by atoms with Gasteiger partial charge in [0.2, 0.25) is 0 Å². The zero-order valence-electron chi connectivity index (χ0n) is 8.66. The van der Waals surface area contributed by atoms with Gasteiger partial charge >= 0.3 is 0 Å². The molecule has 4 heteroatoms. The van der Waals surface area contributed by atoms with Crippen LogP contribution in [0.1, 0.15) is 27.2 Å². The summed E-state index contributed by atoms with van der Waals surface area (Å²) in [6, 6.07) is 0.694. The van der Waals surface area contributed by atoms with Crippen LogP contribution in [0.2, 0.25) is 0 Å². The monoisotopic (exact) mass is 205 g/mol. The molecule has 0 radical (unpaired) electrons. The first kappa shape index (κ1) is 11.0. The average molecular weight is 205 g/mol. The number of hydrogen-bond donors (Lipinski definition) is 0. The lowest BCUT2D eigenvalue weighted by molar-refractivity contribution is 0.165. The molecule has 0 saturated carbocycles. The van der Waals surface area contributed by atoms with Crippen molar-refractivity contribution in [3.05, 3.63) is 0 Å². The highest BCUT2D eigenvalue weighted by Crippen LogP contribution is 2.15. The van der Waals surface area contributed by atoms with Crippen molar-refractivity contribution in [2.75, 3.05) is 18.1 Å². The first-order chi connectivity index (χ1) is 5.96. The van der Waals surface area contributed by atoms with Gasteiger partial charge in [0.05, 0.1) is 11.5 Å². The number of sulfone groups is 1. The van der Waals surface area contributed by atoms with Gasteiger partial charge in [-0.1, -0.05) is 6.92 Å². The molecular weight excluding hydrogens is 186 g/mol. The van der Waals surface area contributed by atoms with Gasteiger partial charge in [-0.15, -0.1) is 0 Å². The van der Waals surface area contributed by atoms with Crippen LogP contribution < -0.4 is 0 Å². The molecule has 1 aliphatic heterocycles. The zero-order chi connectivity index (χ0) is 10.1. The minimum atomic E-state index is -2.75. The van der Waals surface area contributed by atoms with Crippen LogP contribution in [0.25, 0.3) is 0 Å². The largest absolute Gasteiger partial charge is 0.296 e. The Bertz CT molecular complexity index is 261. The molecule has 1 saturated heterocycles. The Labute approximate surface area is 81.0 Å². The smallest absolute Gasteiger partial charge is 0.153 e. The van der Waals surface area contributed by atoms with Crippen molar-refractivity contribution in [3.63, 3.8) is 0 Å². The summed E-state index contributed by atoms with van der Waals surface area (Å²) in [6.45, 7) is 7.01. The van der Waals surface area contributed by atoms with Crippen LogP contribution in [0.4, 0.5) is 0 Å². The third kappa shape index (κ3) is 2.68. The molecule has 13 heavy (non-hydrogen) atoms. The third-order valence-electron chi connectivity index (χ3n) is 2.88. The highest BCUT2D eigenvalue weighted by Gasteiger charge is 2.29. The van der Waals surface area contributed by atoms with Gasteiger partial charge in [-0.3, -0.25) is 4.90 Å². The van der Waals surface area contributed by atoms with Gasteiger partial charge in [0, 0.05) is 18.6 Å². The van der Waals surface area contributed by atoms with Gasteiger partial charge in [-0.25, -0.2) is 8.42 Å². The van der Waals surface area contributed by atoms with Crippen LogP contribution in [0.5, 0.6) is 0 Å². The van der Waals surface area contributed by atoms with Crippen LogP contribution in [-0.2, 0) is 9.84 Å². The van der Waals surface area contributed by atoms with Crippen molar-refractivity contribution >= 4 is 9.84 Å². The van der Waals surface area contributed by atoms with Crippen molar-refractivity contribution in [3.8, 4) is 0 Å². The fourth-order valence-electron chi connectivity index (χ4n) is 1.90. The Hall–Kier alpha value is -0.0900. The van der Waals surface area contributed by atoms with Crippen LogP contribution in [0, 0.1) is 0 Å². The standard InChI is InChI=1S/C9H19NO2S/c1-4-8(2)10-5-6-13(11,12)7-9(10)3/h8-9H,4-7H2,1-3H3. The van der Waals surface area contributed by atoms with E-state index in [0.29, 0.717) is 24.1 Å². The second kappa shape index (κ2) is 3.96. The van der Waals surface area contributed by atoms with Gasteiger partial charge in [0.15, 0.2) is 9.84 Å². The molecule has 0 aliphatic carbocycles. The summed E-state index contributed by atoms with van der Waals surface area (Å²) in [5.74, 6) is 0.666. The molecule has 0 N–H and O–H groups in total. The molecule has 2 unspecified atom stereocenters. The molecule has 1 heterocycles. The fraction of sp³-hybridized carbons (Fsp3) is 1.00. The Morgan fingerprint density at radius 1 is 1.54 bits per heavy atom. The predicted octanol–water partition coefficient (Wildman–Crippen LogP) is 0.904. The molecule has 0 bridgehead atoms. The van der Waals surface area contributed by atoms with E-state index < -0.39 is 9.84 Å². The first-order valence-corrected chi connectivity index (χ1v) is 6.74. The summed E-state index contributed by atoms with van der Waals surface area (Å²) < 4.78 is 22.6. The molecule has 0 aromatic carbocycles. The zero-order valence-corrected chi connectivity index (χ0v) is 9.47. The molecular formula is C9H19NO2S. The van der Waals surface area contributed by atoms with E-state index in [1.165, 1.54) is 0 Å². The summed E-state index contributed by atoms with van der Waals surface area (Å²) >= 11 is 0. The molecule has 0 amide bonds. The van der Waals surface area contributed by atoms with Crippen LogP contribution in [-0.4, -0.2) is 43.5 Å². The SMILES string of the molecule is CCC(C)N1CCS(=O)(=O)CC1C. The molecule has 1 aliphatic rings. The quantitative estimate of drug-likeness (QED) is 0.672. The van der Waals surface area contributed by atoms with Crippen molar-refractivity contribution < 1.29 is 8.42 Å². The van der Waals surface area contributed by atoms with Crippen molar-refractivity contribution in [2.45, 2.75) is 39.3 Å². The van der Waals surface area contributed by atoms with Crippen LogP contribution in [0.3, 0.4) is 0 Å². The Morgan fingerprint density at radius 3 is 2.62 bits per heavy atom. The van der Waals surface area contributed by atoms with Gasteiger partial charge in [-0.05, 0) is 20.3 Å². The van der Waals surface area contributed by atoms with Gasteiger partial charge in [0.1, 0.15) is 0 Å². The maximum atomic E-state index is 11.3. The van der Waals surface area contributed by atoms with Crippen molar-refractivity contribution in [1.29, 1.82) is 0 Å². The first-order valence-electron chi connectivity index (χ1n) is 4.92. The van der Waals surface area contributed by atoms with Gasteiger partial charge in [-0.2, -0.15) is 0 Å². The van der Waals surface area contributed by atoms with Gasteiger partial charge in [0.25, 0.3) is 0 Å². The van der Waals surface area contributed by atoms with Crippen LogP contribution >= 0.6 is 0 Å². The van der Waals surface area contributed by atoms with E-state index >= 15 is 0 Å². The maximum Gasteiger partial charge on any atom is 0.153 e. The van der Waals surface area contributed by atoms with Crippen molar-refractivity contribution in [2.24, 2.45) is 0 Å². The minimum Gasteiger partial charge on any atom is -0.296 e. The predicted molar refractivity (Wildman–Crippen MR) is 54.6 cm³/mol. The Kier molecular flexibility index (Phi) is 3.35. The van der Waals surface area contributed by atoms with E-state index in [-0.39, 0.29) is 6.04 Å². The lowest BCUT2D eigenvalue weighted by Crippen LogP contribution is -2.50. The van der Waals surface area contributed by atoms with E-state index in [0.717, 1.165) is 6.42 Å². The molecule has 0 aromatic rings. The maximum absolute atomic E-state index is 11.3. The summed E-state index contributed by atoms with van der Waals surface area (Å²) in [5.41, 5.74) is 0. The van der Waals surface area contributed by atoms with Crippen LogP contribution in [0.15, 0.2) is 0 Å². The highest BCUT2D eigenvalue weighted by atomic mass is 32.2. The number of rotatable bonds is 2. The molecule has 1 rings (SSSR count). The lowest BCUT2D eigenvalue weighted by atomic mass is 10.2. The average Bonchev–Trinajstić information content (AvgIpc) is 2.01. The normalized spacial score (nSPS) is 31.5. The van der Waals surface area contributed by atoms with E-state index in [1.807, 2.05) is 6.92 Å². The van der Waals surface area contributed by atoms with E-state index in [1.54, 1.807) is 0 Å². The Balaban J connectivity index is 2.64. The minimum absolute atomic E-state index is 0.189.